The van der Waals surface area contributed by atoms with Gasteiger partial charge in [-0.2, -0.15) is 0 Å². The molecule has 1 aliphatic rings. The van der Waals surface area contributed by atoms with E-state index in [1.165, 1.54) is 0 Å². The van der Waals surface area contributed by atoms with E-state index in [0.29, 0.717) is 44.9 Å². The van der Waals surface area contributed by atoms with Crippen molar-refractivity contribution >= 4 is 22.8 Å². The monoisotopic (exact) mass is 462 g/mol. The van der Waals surface area contributed by atoms with Gasteiger partial charge in [0.2, 0.25) is 11.8 Å². The van der Waals surface area contributed by atoms with E-state index in [9.17, 15) is 9.59 Å². The highest BCUT2D eigenvalue weighted by atomic mass is 16.5. The van der Waals surface area contributed by atoms with Crippen molar-refractivity contribution in [3.63, 3.8) is 0 Å². The summed E-state index contributed by atoms with van der Waals surface area (Å²) in [6.45, 7) is 5.85. The van der Waals surface area contributed by atoms with Gasteiger partial charge in [-0.1, -0.05) is 44.2 Å². The van der Waals surface area contributed by atoms with Gasteiger partial charge < -0.3 is 19.9 Å². The maximum Gasteiger partial charge on any atom is 0.225 e. The average Bonchev–Trinajstić information content (AvgIpc) is 3.28. The summed E-state index contributed by atoms with van der Waals surface area (Å²) in [5.41, 5.74) is 1.88. The predicted octanol–water partition coefficient (Wildman–Crippen LogP) is 4.47. The number of imidazole rings is 1. The highest BCUT2D eigenvalue weighted by molar-refractivity contribution is 5.81. The molecule has 2 amide bonds. The largest absolute Gasteiger partial charge is 0.493 e. The predicted molar refractivity (Wildman–Crippen MR) is 132 cm³/mol. The van der Waals surface area contributed by atoms with Crippen molar-refractivity contribution in [2.45, 2.75) is 45.6 Å². The fraction of sp³-hybridized carbons (Fsp3) is 0.444. The smallest absolute Gasteiger partial charge is 0.225 e. The lowest BCUT2D eigenvalue weighted by Gasteiger charge is -2.32. The lowest BCUT2D eigenvalue weighted by Crippen LogP contribution is -2.44. The van der Waals surface area contributed by atoms with E-state index >= 15 is 0 Å². The number of carbonyl (C=O) groups excluding carboxylic acids is 2. The molecule has 1 unspecified atom stereocenters. The van der Waals surface area contributed by atoms with Crippen LogP contribution in [0, 0.1) is 11.8 Å². The van der Waals surface area contributed by atoms with Gasteiger partial charge in [0, 0.05) is 19.0 Å². The Morgan fingerprint density at radius 1 is 1.09 bits per heavy atom. The van der Waals surface area contributed by atoms with Crippen LogP contribution in [0.5, 0.6) is 5.75 Å². The Bertz CT molecular complexity index is 1050. The van der Waals surface area contributed by atoms with E-state index in [0.717, 1.165) is 29.0 Å². The molecule has 2 aromatic carbocycles. The van der Waals surface area contributed by atoms with E-state index in [1.807, 2.05) is 59.5 Å². The second-order valence-electron chi connectivity index (χ2n) is 9.40. The Balaban J connectivity index is 1.28. The topological polar surface area (TPSA) is 87.3 Å². The first-order valence-corrected chi connectivity index (χ1v) is 12.2. The molecule has 0 aliphatic carbocycles. The number of ether oxygens (including phenoxy) is 1. The summed E-state index contributed by atoms with van der Waals surface area (Å²) in [5, 5.41) is 3.24. The Kier molecular flexibility index (Phi) is 7.83. The van der Waals surface area contributed by atoms with Crippen LogP contribution in [0.25, 0.3) is 11.0 Å². The standard InChI is InChI=1S/C27H34N4O3/c1-19(2)18-24(26-28-22-10-6-7-11-23(22)29-26)30-27(33)20-12-15-31(16-13-20)25(32)14-17-34-21-8-4-3-5-9-21/h3-11,19-20,24H,12-18H2,1-2H3,(H,28,29)(H,30,33). The molecule has 2 N–H and O–H groups in total. The summed E-state index contributed by atoms with van der Waals surface area (Å²) in [4.78, 5) is 35.6. The van der Waals surface area contributed by atoms with Gasteiger partial charge in [-0.3, -0.25) is 9.59 Å². The maximum atomic E-state index is 13.1. The average molecular weight is 463 g/mol. The van der Waals surface area contributed by atoms with Crippen LogP contribution >= 0.6 is 0 Å². The molecule has 1 fully saturated rings. The normalized spacial score (nSPS) is 15.4. The van der Waals surface area contributed by atoms with Gasteiger partial charge in [0.1, 0.15) is 11.6 Å². The molecular formula is C27H34N4O3. The molecule has 0 bridgehead atoms. The molecule has 7 heteroatoms. The number of carbonyl (C=O) groups is 2. The number of piperidine rings is 1. The summed E-state index contributed by atoms with van der Waals surface area (Å²) in [6.07, 6.45) is 2.50. The highest BCUT2D eigenvalue weighted by Gasteiger charge is 2.29. The molecule has 34 heavy (non-hydrogen) atoms. The first kappa shape index (κ1) is 23.8. The number of amides is 2. The Labute approximate surface area is 200 Å². The lowest BCUT2D eigenvalue weighted by molar-refractivity contribution is -0.136. The van der Waals surface area contributed by atoms with Crippen molar-refractivity contribution in [3.8, 4) is 5.75 Å². The molecular weight excluding hydrogens is 428 g/mol. The van der Waals surface area contributed by atoms with Crippen molar-refractivity contribution in [2.75, 3.05) is 19.7 Å². The minimum Gasteiger partial charge on any atom is -0.493 e. The van der Waals surface area contributed by atoms with Crippen molar-refractivity contribution in [1.29, 1.82) is 0 Å². The lowest BCUT2D eigenvalue weighted by atomic mass is 9.94. The molecule has 1 aliphatic heterocycles. The third-order valence-corrected chi connectivity index (χ3v) is 6.31. The fourth-order valence-corrected chi connectivity index (χ4v) is 4.46. The van der Waals surface area contributed by atoms with Gasteiger partial charge in [0.25, 0.3) is 0 Å². The molecule has 3 aromatic rings. The van der Waals surface area contributed by atoms with Crippen LogP contribution < -0.4 is 10.1 Å². The van der Waals surface area contributed by atoms with E-state index < -0.39 is 0 Å². The van der Waals surface area contributed by atoms with Gasteiger partial charge in [0.15, 0.2) is 0 Å². The molecule has 7 nitrogen and oxygen atoms in total. The number of fused-ring (bicyclic) bond motifs is 1. The Morgan fingerprint density at radius 2 is 1.79 bits per heavy atom. The number of nitrogens with one attached hydrogen (secondary N) is 2. The number of nitrogens with zero attached hydrogens (tertiary/aromatic N) is 2. The molecule has 4 rings (SSSR count). The van der Waals surface area contributed by atoms with Gasteiger partial charge >= 0.3 is 0 Å². The third-order valence-electron chi connectivity index (χ3n) is 6.31. The number of hydrogen-bond donors (Lipinski definition) is 2. The van der Waals surface area contributed by atoms with Crippen molar-refractivity contribution in [1.82, 2.24) is 20.2 Å². The van der Waals surface area contributed by atoms with Crippen molar-refractivity contribution in [2.24, 2.45) is 11.8 Å². The molecule has 0 saturated carbocycles. The van der Waals surface area contributed by atoms with E-state index in [2.05, 4.69) is 24.1 Å². The van der Waals surface area contributed by atoms with Crippen molar-refractivity contribution in [3.05, 3.63) is 60.4 Å². The molecule has 2 heterocycles. The number of rotatable bonds is 9. The zero-order chi connectivity index (χ0) is 23.9. The van der Waals surface area contributed by atoms with Gasteiger partial charge in [-0.25, -0.2) is 4.98 Å². The molecule has 1 saturated heterocycles. The van der Waals surface area contributed by atoms with E-state index in [4.69, 9.17) is 9.72 Å². The van der Waals surface area contributed by atoms with Crippen LogP contribution in [0.2, 0.25) is 0 Å². The Hall–Kier alpha value is -3.35. The summed E-state index contributed by atoms with van der Waals surface area (Å²) >= 11 is 0. The minimum absolute atomic E-state index is 0.0469. The summed E-state index contributed by atoms with van der Waals surface area (Å²) in [7, 11) is 0. The van der Waals surface area contributed by atoms with Crippen LogP contribution in [-0.4, -0.2) is 46.4 Å². The first-order chi connectivity index (χ1) is 16.5. The number of aromatic amines is 1. The first-order valence-electron chi connectivity index (χ1n) is 12.2. The van der Waals surface area contributed by atoms with Gasteiger partial charge in [-0.05, 0) is 49.4 Å². The fourth-order valence-electron chi connectivity index (χ4n) is 4.46. The number of para-hydroxylation sites is 3. The number of likely N-dealkylation sites (tertiary alicyclic amines) is 1. The second kappa shape index (κ2) is 11.2. The van der Waals surface area contributed by atoms with Crippen LogP contribution in [0.4, 0.5) is 0 Å². The molecule has 180 valence electrons. The molecule has 0 spiro atoms. The minimum atomic E-state index is -0.158. The number of hydrogen-bond acceptors (Lipinski definition) is 4. The zero-order valence-electron chi connectivity index (χ0n) is 20.0. The molecule has 0 radical (unpaired) electrons. The molecule has 1 aromatic heterocycles. The van der Waals surface area contributed by atoms with Gasteiger partial charge in [-0.15, -0.1) is 0 Å². The van der Waals surface area contributed by atoms with Crippen LogP contribution in [0.1, 0.15) is 51.4 Å². The number of H-pyrrole nitrogens is 1. The molecule has 1 atom stereocenters. The quantitative estimate of drug-likeness (QED) is 0.491. The zero-order valence-corrected chi connectivity index (χ0v) is 20.0. The van der Waals surface area contributed by atoms with E-state index in [-0.39, 0.29) is 23.8 Å². The van der Waals surface area contributed by atoms with Crippen LogP contribution in [0.15, 0.2) is 54.6 Å². The summed E-state index contributed by atoms with van der Waals surface area (Å²) in [6, 6.07) is 17.3. The van der Waals surface area contributed by atoms with Crippen LogP contribution in [0.3, 0.4) is 0 Å². The Morgan fingerprint density at radius 3 is 2.50 bits per heavy atom. The highest BCUT2D eigenvalue weighted by Crippen LogP contribution is 2.24. The SMILES string of the molecule is CC(C)CC(NC(=O)C1CCN(C(=O)CCOc2ccccc2)CC1)c1nc2ccccc2[nH]1. The number of benzene rings is 2. The summed E-state index contributed by atoms with van der Waals surface area (Å²) < 4.78 is 5.65. The summed E-state index contributed by atoms with van der Waals surface area (Å²) in [5.74, 6) is 2.01. The number of aromatic nitrogens is 2. The van der Waals surface area contributed by atoms with Crippen LogP contribution in [-0.2, 0) is 9.59 Å². The van der Waals surface area contributed by atoms with E-state index in [1.54, 1.807) is 0 Å². The third kappa shape index (κ3) is 6.16. The van der Waals surface area contributed by atoms with Gasteiger partial charge in [0.05, 0.1) is 30.1 Å². The maximum absolute atomic E-state index is 13.1. The second-order valence-corrected chi connectivity index (χ2v) is 9.40. The van der Waals surface area contributed by atoms with Crippen molar-refractivity contribution < 1.29 is 14.3 Å².